The van der Waals surface area contributed by atoms with E-state index in [0.29, 0.717) is 19.3 Å². The first-order valence-electron chi connectivity index (χ1n) is 29.2. The highest BCUT2D eigenvalue weighted by atomic mass is 16.6. The molecule has 0 heterocycles. The van der Waals surface area contributed by atoms with Gasteiger partial charge >= 0.3 is 17.9 Å². The highest BCUT2D eigenvalue weighted by Gasteiger charge is 2.19. The van der Waals surface area contributed by atoms with E-state index in [9.17, 15) is 14.4 Å². The molecule has 70 heavy (non-hydrogen) atoms. The number of carbonyl (C=O) groups excluding carboxylic acids is 3. The standard InChI is InChI=1S/C64H108O6/c1-4-7-10-13-16-19-22-25-28-30-31-32-33-35-36-39-42-45-48-51-54-57-63(66)69-60-61(59-68-62(65)56-53-50-47-44-41-38-27-24-21-18-15-12-9-6-3)70-64(67)58-55-52-49-46-43-40-37-34-29-26-23-20-17-14-11-8-5-2/h7-8,10-11,16-17,19-20,24-29,31-32,61H,4-6,9,12-15,18,21-23,30,33-60H2,1-3H3/b10-7-,11-8-,19-16-,20-17-,27-24-,28-25-,29-26-,32-31-. The molecule has 0 amide bonds. The van der Waals surface area contributed by atoms with Crippen LogP contribution >= 0.6 is 0 Å². The van der Waals surface area contributed by atoms with Gasteiger partial charge in [0, 0.05) is 19.3 Å². The summed E-state index contributed by atoms with van der Waals surface area (Å²) >= 11 is 0. The van der Waals surface area contributed by atoms with Gasteiger partial charge in [0.2, 0.25) is 0 Å². The van der Waals surface area contributed by atoms with Crippen LogP contribution in [0.4, 0.5) is 0 Å². The van der Waals surface area contributed by atoms with Crippen LogP contribution in [-0.2, 0) is 28.6 Å². The molecule has 0 radical (unpaired) electrons. The lowest BCUT2D eigenvalue weighted by Crippen LogP contribution is -2.30. The molecule has 0 spiro atoms. The van der Waals surface area contributed by atoms with Gasteiger partial charge in [-0.2, -0.15) is 0 Å². The summed E-state index contributed by atoms with van der Waals surface area (Å²) < 4.78 is 16.9. The molecule has 6 heteroatoms. The molecule has 6 nitrogen and oxygen atoms in total. The molecule has 400 valence electrons. The van der Waals surface area contributed by atoms with E-state index < -0.39 is 6.10 Å². The molecule has 0 saturated heterocycles. The number of hydrogen-bond donors (Lipinski definition) is 0. The topological polar surface area (TPSA) is 78.9 Å². The van der Waals surface area contributed by atoms with E-state index in [0.717, 1.165) is 122 Å². The van der Waals surface area contributed by atoms with E-state index in [1.54, 1.807) is 0 Å². The van der Waals surface area contributed by atoms with E-state index in [1.165, 1.54) is 109 Å². The van der Waals surface area contributed by atoms with Crippen molar-refractivity contribution in [3.05, 3.63) is 97.2 Å². The fraction of sp³-hybridized carbons (Fsp3) is 0.703. The average molecular weight is 974 g/mol. The van der Waals surface area contributed by atoms with Gasteiger partial charge in [-0.15, -0.1) is 0 Å². The van der Waals surface area contributed by atoms with Crippen molar-refractivity contribution in [2.45, 2.75) is 277 Å². The average Bonchev–Trinajstić information content (AvgIpc) is 3.36. The molecule has 0 bridgehead atoms. The van der Waals surface area contributed by atoms with Crippen LogP contribution in [0.3, 0.4) is 0 Å². The summed E-state index contributed by atoms with van der Waals surface area (Å²) in [4.78, 5) is 38.2. The van der Waals surface area contributed by atoms with E-state index in [2.05, 4.69) is 118 Å². The van der Waals surface area contributed by atoms with Crippen molar-refractivity contribution in [3.8, 4) is 0 Å². The highest BCUT2D eigenvalue weighted by molar-refractivity contribution is 5.71. The monoisotopic (exact) mass is 973 g/mol. The van der Waals surface area contributed by atoms with Gasteiger partial charge in [0.15, 0.2) is 6.10 Å². The Labute approximate surface area is 432 Å². The smallest absolute Gasteiger partial charge is 0.306 e. The van der Waals surface area contributed by atoms with Gasteiger partial charge in [0.25, 0.3) is 0 Å². The van der Waals surface area contributed by atoms with Crippen molar-refractivity contribution in [3.63, 3.8) is 0 Å². The quantitative estimate of drug-likeness (QED) is 0.0262. The second-order valence-corrected chi connectivity index (χ2v) is 19.1. The number of rotatable bonds is 52. The van der Waals surface area contributed by atoms with Crippen molar-refractivity contribution in [1.29, 1.82) is 0 Å². The van der Waals surface area contributed by atoms with Crippen LogP contribution in [0.25, 0.3) is 0 Å². The molecule has 0 aliphatic rings. The van der Waals surface area contributed by atoms with Gasteiger partial charge in [0.05, 0.1) is 0 Å². The second-order valence-electron chi connectivity index (χ2n) is 19.1. The van der Waals surface area contributed by atoms with Crippen LogP contribution in [0.1, 0.15) is 271 Å². The lowest BCUT2D eigenvalue weighted by molar-refractivity contribution is -0.167. The summed E-state index contributed by atoms with van der Waals surface area (Å²) in [6, 6.07) is 0. The van der Waals surface area contributed by atoms with Crippen LogP contribution in [0.15, 0.2) is 97.2 Å². The first-order valence-corrected chi connectivity index (χ1v) is 29.2. The minimum atomic E-state index is -0.791. The first-order chi connectivity index (χ1) is 34.5. The molecule has 0 N–H and O–H groups in total. The number of ether oxygens (including phenoxy) is 3. The maximum Gasteiger partial charge on any atom is 0.306 e. The molecular weight excluding hydrogens is 865 g/mol. The van der Waals surface area contributed by atoms with Crippen LogP contribution in [-0.4, -0.2) is 37.2 Å². The molecule has 0 aromatic heterocycles. The third-order valence-corrected chi connectivity index (χ3v) is 12.3. The summed E-state index contributed by atoms with van der Waals surface area (Å²) in [5, 5.41) is 0. The third-order valence-electron chi connectivity index (χ3n) is 12.3. The molecule has 0 fully saturated rings. The van der Waals surface area contributed by atoms with Crippen molar-refractivity contribution in [1.82, 2.24) is 0 Å². The number of esters is 3. The van der Waals surface area contributed by atoms with Crippen molar-refractivity contribution in [2.24, 2.45) is 0 Å². The molecule has 0 aliphatic heterocycles. The van der Waals surface area contributed by atoms with Gasteiger partial charge in [-0.05, 0) is 116 Å². The van der Waals surface area contributed by atoms with Crippen LogP contribution in [0, 0.1) is 0 Å². The minimum absolute atomic E-state index is 0.0885. The largest absolute Gasteiger partial charge is 0.462 e. The number of hydrogen-bond acceptors (Lipinski definition) is 6. The molecule has 0 aromatic rings. The first kappa shape index (κ1) is 66.3. The Morgan fingerprint density at radius 1 is 0.300 bits per heavy atom. The predicted molar refractivity (Wildman–Crippen MR) is 302 cm³/mol. The van der Waals surface area contributed by atoms with Crippen LogP contribution in [0.5, 0.6) is 0 Å². The molecule has 0 aliphatic carbocycles. The zero-order chi connectivity index (χ0) is 50.7. The maximum absolute atomic E-state index is 12.9. The fourth-order valence-corrected chi connectivity index (χ4v) is 7.97. The van der Waals surface area contributed by atoms with Crippen LogP contribution in [0.2, 0.25) is 0 Å². The Morgan fingerprint density at radius 3 is 0.886 bits per heavy atom. The molecule has 0 saturated carbocycles. The van der Waals surface area contributed by atoms with Crippen molar-refractivity contribution in [2.75, 3.05) is 13.2 Å². The maximum atomic E-state index is 12.9. The predicted octanol–water partition coefficient (Wildman–Crippen LogP) is 19.7. The Hall–Kier alpha value is -3.67. The number of unbranched alkanes of at least 4 members (excludes halogenated alkanes) is 25. The Bertz CT molecular complexity index is 1400. The van der Waals surface area contributed by atoms with Crippen LogP contribution < -0.4 is 0 Å². The number of carbonyl (C=O) groups is 3. The summed E-state index contributed by atoms with van der Waals surface area (Å²) in [5.74, 6) is -0.910. The second kappa shape index (κ2) is 57.9. The summed E-state index contributed by atoms with van der Waals surface area (Å²) in [6.45, 7) is 6.40. The molecule has 0 aromatic carbocycles. The van der Waals surface area contributed by atoms with E-state index in [-0.39, 0.29) is 31.1 Å². The van der Waals surface area contributed by atoms with Gasteiger partial charge < -0.3 is 14.2 Å². The van der Waals surface area contributed by atoms with Gasteiger partial charge in [-0.25, -0.2) is 0 Å². The Morgan fingerprint density at radius 2 is 0.557 bits per heavy atom. The summed E-state index contributed by atoms with van der Waals surface area (Å²) in [5.41, 5.74) is 0. The Balaban J connectivity index is 4.40. The molecule has 0 rings (SSSR count). The summed E-state index contributed by atoms with van der Waals surface area (Å²) in [7, 11) is 0. The normalized spacial score (nSPS) is 12.8. The Kier molecular flexibility index (Phi) is 54.9. The molecule has 1 atom stereocenters. The van der Waals surface area contributed by atoms with Crippen molar-refractivity contribution >= 4 is 17.9 Å². The van der Waals surface area contributed by atoms with Gasteiger partial charge in [-0.3, -0.25) is 14.4 Å². The van der Waals surface area contributed by atoms with E-state index in [4.69, 9.17) is 14.2 Å². The van der Waals surface area contributed by atoms with Gasteiger partial charge in [-0.1, -0.05) is 234 Å². The highest BCUT2D eigenvalue weighted by Crippen LogP contribution is 2.15. The zero-order valence-electron chi connectivity index (χ0n) is 45.8. The molecular formula is C64H108O6. The summed E-state index contributed by atoms with van der Waals surface area (Å²) in [6.07, 6.45) is 76.8. The van der Waals surface area contributed by atoms with E-state index in [1.807, 2.05) is 0 Å². The fourth-order valence-electron chi connectivity index (χ4n) is 7.97. The lowest BCUT2D eigenvalue weighted by atomic mass is 10.1. The number of allylic oxidation sites excluding steroid dienone is 16. The molecule has 1 unspecified atom stereocenters. The SMILES string of the molecule is CC/C=C\C/C=C\C/C=C\C/C=C\CCCCCCCCCCC(=O)OCC(COC(=O)CCCCCCC/C=C\CCCCCCC)OC(=O)CCCCCCCCC/C=C\C/C=C\C/C=C\CC. The third kappa shape index (κ3) is 55.3. The lowest BCUT2D eigenvalue weighted by Gasteiger charge is -2.18. The van der Waals surface area contributed by atoms with Gasteiger partial charge in [0.1, 0.15) is 13.2 Å². The van der Waals surface area contributed by atoms with Crippen molar-refractivity contribution < 1.29 is 28.6 Å². The van der Waals surface area contributed by atoms with E-state index >= 15 is 0 Å². The zero-order valence-corrected chi connectivity index (χ0v) is 45.8. The minimum Gasteiger partial charge on any atom is -0.462 e.